The van der Waals surface area contributed by atoms with Crippen molar-refractivity contribution in [3.05, 3.63) is 24.3 Å². The standard InChI is InChI=1S/C20H32N2O3/c1-15(16-8-5-6-9-16)22-17-10-7-11-18(14-17)24-13-12-21-19(23)25-20(2,3)4/h7,10-11,14-16,22H,5-6,8-9,12-13H2,1-4H3,(H,21,23). The van der Waals surface area contributed by atoms with Crippen molar-refractivity contribution in [1.82, 2.24) is 5.32 Å². The smallest absolute Gasteiger partial charge is 0.407 e. The fraction of sp³-hybridized carbons (Fsp3) is 0.650. The first-order chi connectivity index (χ1) is 11.8. The van der Waals surface area contributed by atoms with Gasteiger partial charge in [-0.2, -0.15) is 0 Å². The van der Waals surface area contributed by atoms with Gasteiger partial charge in [0.25, 0.3) is 0 Å². The molecule has 25 heavy (non-hydrogen) atoms. The van der Waals surface area contributed by atoms with Crippen molar-refractivity contribution in [2.24, 2.45) is 5.92 Å². The van der Waals surface area contributed by atoms with Gasteiger partial charge in [0.2, 0.25) is 0 Å². The van der Waals surface area contributed by atoms with Crippen LogP contribution in [0.3, 0.4) is 0 Å². The topological polar surface area (TPSA) is 59.6 Å². The molecule has 2 N–H and O–H groups in total. The summed E-state index contributed by atoms with van der Waals surface area (Å²) in [7, 11) is 0. The van der Waals surface area contributed by atoms with Gasteiger partial charge in [-0.3, -0.25) is 0 Å². The fourth-order valence-corrected chi connectivity index (χ4v) is 3.15. The Hall–Kier alpha value is -1.91. The number of benzene rings is 1. The number of carbonyl (C=O) groups is 1. The van der Waals surface area contributed by atoms with Crippen LogP contribution < -0.4 is 15.4 Å². The van der Waals surface area contributed by atoms with Crippen molar-refractivity contribution in [1.29, 1.82) is 0 Å². The third-order valence-corrected chi connectivity index (χ3v) is 4.37. The summed E-state index contributed by atoms with van der Waals surface area (Å²) in [5.41, 5.74) is 0.595. The Morgan fingerprint density at radius 3 is 2.68 bits per heavy atom. The Balaban J connectivity index is 1.72. The van der Waals surface area contributed by atoms with Gasteiger partial charge >= 0.3 is 6.09 Å². The quantitative estimate of drug-likeness (QED) is 0.708. The summed E-state index contributed by atoms with van der Waals surface area (Å²) < 4.78 is 10.9. The largest absolute Gasteiger partial charge is 0.492 e. The molecule has 0 radical (unpaired) electrons. The van der Waals surface area contributed by atoms with Crippen LogP contribution in [0.15, 0.2) is 24.3 Å². The molecule has 1 aromatic carbocycles. The van der Waals surface area contributed by atoms with E-state index in [9.17, 15) is 4.79 Å². The molecule has 1 unspecified atom stereocenters. The minimum atomic E-state index is -0.485. The summed E-state index contributed by atoms with van der Waals surface area (Å²) in [6, 6.07) is 8.47. The van der Waals surface area contributed by atoms with Gasteiger partial charge < -0.3 is 20.1 Å². The number of hydrogen-bond acceptors (Lipinski definition) is 4. The fourth-order valence-electron chi connectivity index (χ4n) is 3.15. The Kier molecular flexibility index (Phi) is 6.97. The van der Waals surface area contributed by atoms with Gasteiger partial charge in [0.15, 0.2) is 0 Å². The molecule has 0 spiro atoms. The normalized spacial score (nSPS) is 16.3. The summed E-state index contributed by atoms with van der Waals surface area (Å²) in [5, 5.41) is 6.28. The number of alkyl carbamates (subject to hydrolysis) is 1. The molecule has 1 aliphatic carbocycles. The van der Waals surface area contributed by atoms with Crippen LogP contribution >= 0.6 is 0 Å². The highest BCUT2D eigenvalue weighted by molar-refractivity contribution is 5.67. The third-order valence-electron chi connectivity index (χ3n) is 4.37. The number of hydrogen-bond donors (Lipinski definition) is 2. The van der Waals surface area contributed by atoms with E-state index in [2.05, 4.69) is 23.6 Å². The van der Waals surface area contributed by atoms with Crippen LogP contribution in [-0.4, -0.2) is 30.9 Å². The molecule has 0 bridgehead atoms. The van der Waals surface area contributed by atoms with E-state index in [1.165, 1.54) is 25.7 Å². The minimum Gasteiger partial charge on any atom is -0.492 e. The summed E-state index contributed by atoms with van der Waals surface area (Å²) in [4.78, 5) is 11.6. The lowest BCUT2D eigenvalue weighted by atomic mass is 9.99. The molecular formula is C20H32N2O3. The lowest BCUT2D eigenvalue weighted by Crippen LogP contribution is -2.34. The molecular weight excluding hydrogens is 316 g/mol. The minimum absolute atomic E-state index is 0.404. The number of amides is 1. The number of rotatable bonds is 7. The molecule has 2 rings (SSSR count). The summed E-state index contributed by atoms with van der Waals surface area (Å²) in [5.74, 6) is 1.57. The van der Waals surface area contributed by atoms with Gasteiger partial charge in [0.1, 0.15) is 18.0 Å². The second-order valence-corrected chi connectivity index (χ2v) is 7.78. The maximum atomic E-state index is 11.6. The zero-order valence-corrected chi connectivity index (χ0v) is 15.9. The van der Waals surface area contributed by atoms with Crippen LogP contribution in [-0.2, 0) is 4.74 Å². The van der Waals surface area contributed by atoms with Crippen LogP contribution in [0.25, 0.3) is 0 Å². The molecule has 1 saturated carbocycles. The molecule has 1 amide bonds. The average molecular weight is 348 g/mol. The van der Waals surface area contributed by atoms with E-state index in [-0.39, 0.29) is 0 Å². The van der Waals surface area contributed by atoms with E-state index in [0.29, 0.717) is 19.2 Å². The Labute approximate surface area is 151 Å². The first-order valence-electron chi connectivity index (χ1n) is 9.30. The molecule has 0 aromatic heterocycles. The molecule has 0 saturated heterocycles. The van der Waals surface area contributed by atoms with Gasteiger partial charge in [0.05, 0.1) is 6.54 Å². The maximum absolute atomic E-state index is 11.6. The second-order valence-electron chi connectivity index (χ2n) is 7.78. The monoisotopic (exact) mass is 348 g/mol. The van der Waals surface area contributed by atoms with E-state index in [1.807, 2.05) is 39.0 Å². The van der Waals surface area contributed by atoms with Crippen molar-refractivity contribution < 1.29 is 14.3 Å². The Morgan fingerprint density at radius 1 is 1.28 bits per heavy atom. The molecule has 1 aliphatic rings. The molecule has 1 atom stereocenters. The highest BCUT2D eigenvalue weighted by Gasteiger charge is 2.21. The number of anilines is 1. The summed E-state index contributed by atoms with van der Waals surface area (Å²) in [6.45, 7) is 8.59. The highest BCUT2D eigenvalue weighted by atomic mass is 16.6. The molecule has 5 nitrogen and oxygen atoms in total. The predicted molar refractivity (Wildman–Crippen MR) is 101 cm³/mol. The summed E-state index contributed by atoms with van der Waals surface area (Å²) in [6.07, 6.45) is 4.92. The van der Waals surface area contributed by atoms with E-state index in [0.717, 1.165) is 17.4 Å². The highest BCUT2D eigenvalue weighted by Crippen LogP contribution is 2.29. The first-order valence-corrected chi connectivity index (χ1v) is 9.30. The number of nitrogens with one attached hydrogen (secondary N) is 2. The van der Waals surface area contributed by atoms with E-state index < -0.39 is 11.7 Å². The van der Waals surface area contributed by atoms with E-state index >= 15 is 0 Å². The van der Waals surface area contributed by atoms with Crippen molar-refractivity contribution in [3.8, 4) is 5.75 Å². The van der Waals surface area contributed by atoms with Crippen LogP contribution in [0, 0.1) is 5.92 Å². The molecule has 0 aliphatic heterocycles. The van der Waals surface area contributed by atoms with Gasteiger partial charge in [-0.25, -0.2) is 4.79 Å². The zero-order chi connectivity index (χ0) is 18.3. The van der Waals surface area contributed by atoms with Crippen molar-refractivity contribution in [3.63, 3.8) is 0 Å². The van der Waals surface area contributed by atoms with Crippen LogP contribution in [0.5, 0.6) is 5.75 Å². The molecule has 0 heterocycles. The third kappa shape index (κ3) is 7.24. The number of ether oxygens (including phenoxy) is 2. The van der Waals surface area contributed by atoms with E-state index in [1.54, 1.807) is 0 Å². The van der Waals surface area contributed by atoms with Crippen molar-refractivity contribution in [2.75, 3.05) is 18.5 Å². The zero-order valence-electron chi connectivity index (χ0n) is 15.9. The SMILES string of the molecule is CC(Nc1cccc(OCCNC(=O)OC(C)(C)C)c1)C1CCCC1. The van der Waals surface area contributed by atoms with Crippen LogP contribution in [0.4, 0.5) is 10.5 Å². The predicted octanol–water partition coefficient (Wildman–Crippen LogP) is 4.58. The van der Waals surface area contributed by atoms with Gasteiger partial charge in [-0.1, -0.05) is 18.9 Å². The lowest BCUT2D eigenvalue weighted by molar-refractivity contribution is 0.0520. The van der Waals surface area contributed by atoms with E-state index in [4.69, 9.17) is 9.47 Å². The van der Waals surface area contributed by atoms with Gasteiger partial charge in [-0.05, 0) is 58.6 Å². The van der Waals surface area contributed by atoms with Crippen LogP contribution in [0.1, 0.15) is 53.4 Å². The first kappa shape index (κ1) is 19.4. The Bertz CT molecular complexity index is 548. The molecule has 140 valence electrons. The van der Waals surface area contributed by atoms with Gasteiger partial charge in [0, 0.05) is 17.8 Å². The summed E-state index contributed by atoms with van der Waals surface area (Å²) >= 11 is 0. The van der Waals surface area contributed by atoms with Gasteiger partial charge in [-0.15, -0.1) is 0 Å². The molecule has 5 heteroatoms. The van der Waals surface area contributed by atoms with Crippen molar-refractivity contribution >= 4 is 11.8 Å². The second kappa shape index (κ2) is 8.97. The maximum Gasteiger partial charge on any atom is 0.407 e. The van der Waals surface area contributed by atoms with Crippen LogP contribution in [0.2, 0.25) is 0 Å². The van der Waals surface area contributed by atoms with Crippen molar-refractivity contribution in [2.45, 2.75) is 65.0 Å². The Morgan fingerprint density at radius 2 is 2.00 bits per heavy atom. The number of carbonyl (C=O) groups excluding carboxylic acids is 1. The lowest BCUT2D eigenvalue weighted by Gasteiger charge is -2.22. The molecule has 1 fully saturated rings. The molecule has 1 aromatic rings. The average Bonchev–Trinajstić information content (AvgIpc) is 3.05.